The summed E-state index contributed by atoms with van der Waals surface area (Å²) in [7, 11) is 0. The van der Waals surface area contributed by atoms with Gasteiger partial charge >= 0.3 is 16.9 Å². The Bertz CT molecular complexity index is 2580. The van der Waals surface area contributed by atoms with Crippen LogP contribution in [0, 0.1) is 6.92 Å². The maximum Gasteiger partial charge on any atom is 0.336 e. The number of isothiocyanates is 1. The molecule has 0 spiro atoms. The number of nitrogens with zero attached hydrogens (tertiary/aromatic N) is 1. The fourth-order valence-corrected chi connectivity index (χ4v) is 4.85. The average Bonchev–Trinajstić information content (AvgIpc) is 3.12. The van der Waals surface area contributed by atoms with Gasteiger partial charge in [-0.2, -0.15) is 4.99 Å². The number of fused-ring (bicyclic) bond motifs is 4. The first-order chi connectivity index (χ1) is 25.4. The maximum atomic E-state index is 11.1. The van der Waals surface area contributed by atoms with Crippen LogP contribution < -0.4 is 22.6 Å². The summed E-state index contributed by atoms with van der Waals surface area (Å²) in [4.78, 5) is 47.3. The highest BCUT2D eigenvalue weighted by Gasteiger charge is 2.10. The normalized spacial score (nSPS) is 10.8. The number of allylic oxidation sites excluding steroid dienone is 1. The first-order valence-electron chi connectivity index (χ1n) is 15.5. The fourth-order valence-electron chi connectivity index (χ4n) is 4.74. The SMILES string of the molecule is Cc1ccc2oc(=O)ccc2c1.Nc1ccc2oc(=O)ccc2c1.O=C1C=Cc2cc(N=C=S)ccc2C1.O=c1ccc2ccccc2o1.S=C(Cl)Cl. The zero-order valence-corrected chi connectivity index (χ0v) is 30.9. The van der Waals surface area contributed by atoms with E-state index in [0.29, 0.717) is 28.9 Å². The second-order valence-corrected chi connectivity index (χ2v) is 12.9. The van der Waals surface area contributed by atoms with Crippen LogP contribution in [0.4, 0.5) is 11.4 Å². The lowest BCUT2D eigenvalue weighted by Gasteiger charge is -2.08. The first kappa shape index (κ1) is 40.0. The quantitative estimate of drug-likeness (QED) is 0.0562. The van der Waals surface area contributed by atoms with Gasteiger partial charge in [-0.25, -0.2) is 14.4 Å². The lowest BCUT2D eigenvalue weighted by Crippen LogP contribution is -2.04. The second kappa shape index (κ2) is 19.7. The van der Waals surface area contributed by atoms with Crippen LogP contribution in [0.3, 0.4) is 0 Å². The van der Waals surface area contributed by atoms with E-state index in [9.17, 15) is 19.2 Å². The Morgan fingerprint density at radius 2 is 1.23 bits per heavy atom. The molecule has 0 bridgehead atoms. The number of aliphatic imine (C=N–C) groups is 1. The minimum Gasteiger partial charge on any atom is -0.423 e. The molecular formula is C40H28Cl2N2O7S2. The molecule has 9 nitrogen and oxygen atoms in total. The molecule has 53 heavy (non-hydrogen) atoms. The van der Waals surface area contributed by atoms with Crippen LogP contribution in [0.5, 0.6) is 0 Å². The van der Waals surface area contributed by atoms with Crippen molar-refractivity contribution in [3.05, 3.63) is 169 Å². The number of carbonyl (C=O) groups excluding carboxylic acids is 1. The van der Waals surface area contributed by atoms with Gasteiger partial charge < -0.3 is 19.0 Å². The minimum absolute atomic E-state index is 0.0556. The largest absolute Gasteiger partial charge is 0.423 e. The molecule has 0 saturated carbocycles. The van der Waals surface area contributed by atoms with Gasteiger partial charge in [-0.15, -0.1) is 0 Å². The number of nitrogen functional groups attached to an aromatic ring is 1. The Kier molecular flexibility index (Phi) is 14.9. The van der Waals surface area contributed by atoms with Crippen LogP contribution in [0.15, 0.2) is 154 Å². The van der Waals surface area contributed by atoms with Gasteiger partial charge in [0.15, 0.2) is 9.57 Å². The highest BCUT2D eigenvalue weighted by atomic mass is 35.5. The van der Waals surface area contributed by atoms with E-state index < -0.39 is 0 Å². The van der Waals surface area contributed by atoms with Crippen molar-refractivity contribution in [3.63, 3.8) is 0 Å². The number of nitrogens with two attached hydrogens (primary N) is 1. The van der Waals surface area contributed by atoms with Crippen molar-refractivity contribution in [2.24, 2.45) is 4.99 Å². The molecule has 0 aliphatic heterocycles. The Morgan fingerprint density at radius 3 is 1.85 bits per heavy atom. The molecule has 2 N–H and O–H groups in total. The number of ketones is 1. The van der Waals surface area contributed by atoms with E-state index in [-0.39, 0.29) is 26.4 Å². The summed E-state index contributed by atoms with van der Waals surface area (Å²) < 4.78 is 14.7. The van der Waals surface area contributed by atoms with Gasteiger partial charge in [-0.3, -0.25) is 4.79 Å². The van der Waals surface area contributed by atoms with Crippen molar-refractivity contribution in [3.8, 4) is 0 Å². The van der Waals surface area contributed by atoms with Gasteiger partial charge in [-0.1, -0.05) is 77.4 Å². The Hall–Kier alpha value is -5.81. The third-order valence-corrected chi connectivity index (χ3v) is 7.16. The summed E-state index contributed by atoms with van der Waals surface area (Å²) in [5.74, 6) is 0.142. The number of hydrogen-bond donors (Lipinski definition) is 1. The van der Waals surface area contributed by atoms with Crippen molar-refractivity contribution in [1.29, 1.82) is 0 Å². The summed E-state index contributed by atoms with van der Waals surface area (Å²) in [6, 6.07) is 33.4. The third kappa shape index (κ3) is 13.0. The molecule has 266 valence electrons. The van der Waals surface area contributed by atoms with Crippen molar-refractivity contribution >= 4 is 113 Å². The molecule has 0 atom stereocenters. The molecule has 0 saturated heterocycles. The molecular weight excluding hydrogens is 755 g/mol. The maximum absolute atomic E-state index is 11.1. The Morgan fingerprint density at radius 1 is 0.679 bits per heavy atom. The van der Waals surface area contributed by atoms with E-state index in [1.165, 1.54) is 18.2 Å². The molecule has 8 rings (SSSR count). The molecule has 0 fully saturated rings. The molecule has 3 heterocycles. The van der Waals surface area contributed by atoms with Crippen LogP contribution in [-0.2, 0) is 11.2 Å². The van der Waals surface area contributed by atoms with E-state index in [0.717, 1.165) is 38.5 Å². The van der Waals surface area contributed by atoms with E-state index >= 15 is 0 Å². The van der Waals surface area contributed by atoms with Crippen LogP contribution >= 0.6 is 47.6 Å². The van der Waals surface area contributed by atoms with Gasteiger partial charge in [-0.05, 0) is 103 Å². The Balaban J connectivity index is 0.000000153. The molecule has 7 aromatic rings. The standard InChI is InChI=1S/C11H7NOS.C10H8O2.C9H7NO2.C9H6O2.CCl2S/c13-11-4-2-8-5-10(12-7-14)3-1-9(8)6-11;1-7-2-4-9-8(6-7)3-5-10(11)12-9;10-7-2-3-8-6(5-7)1-4-9(11)12-8;10-9-6-5-7-3-1-2-4-8(7)11-9;2-1(3)4/h1-5H,6H2;2-6H,1H3;1-5H,10H2;1-6H;. The number of aryl methyl sites for hydroxylation is 1. The average molecular weight is 784 g/mol. The molecule has 4 aromatic carbocycles. The summed E-state index contributed by atoms with van der Waals surface area (Å²) >= 11 is 18.1. The summed E-state index contributed by atoms with van der Waals surface area (Å²) in [6.07, 6.45) is 3.88. The van der Waals surface area contributed by atoms with Crippen molar-refractivity contribution in [2.75, 3.05) is 5.73 Å². The van der Waals surface area contributed by atoms with Crippen LogP contribution in [-0.4, -0.2) is 14.7 Å². The van der Waals surface area contributed by atoms with Gasteiger partial charge in [0.1, 0.15) is 16.7 Å². The highest BCUT2D eigenvalue weighted by Crippen LogP contribution is 2.23. The number of benzene rings is 4. The fraction of sp³-hybridized carbons (Fsp3) is 0.0500. The Labute approximate surface area is 322 Å². The van der Waals surface area contributed by atoms with Gasteiger partial charge in [0.25, 0.3) is 0 Å². The summed E-state index contributed by atoms with van der Waals surface area (Å²) in [5.41, 5.74) is 11.1. The molecule has 0 amide bonds. The molecule has 3 aromatic heterocycles. The van der Waals surface area contributed by atoms with Crippen LogP contribution in [0.25, 0.3) is 39.0 Å². The number of hydrogen-bond acceptors (Lipinski definition) is 11. The van der Waals surface area contributed by atoms with Gasteiger partial charge in [0, 0.05) is 46.5 Å². The topological polar surface area (TPSA) is 146 Å². The van der Waals surface area contributed by atoms with E-state index in [2.05, 4.69) is 34.6 Å². The minimum atomic E-state index is -0.340. The number of carbonyl (C=O) groups is 1. The van der Waals surface area contributed by atoms with E-state index in [1.54, 1.807) is 48.5 Å². The predicted molar refractivity (Wildman–Crippen MR) is 220 cm³/mol. The van der Waals surface area contributed by atoms with Crippen LogP contribution in [0.1, 0.15) is 16.7 Å². The lowest BCUT2D eigenvalue weighted by molar-refractivity contribution is -0.114. The predicted octanol–water partition coefficient (Wildman–Crippen LogP) is 9.58. The van der Waals surface area contributed by atoms with Gasteiger partial charge in [0.05, 0.1) is 10.8 Å². The van der Waals surface area contributed by atoms with E-state index in [1.807, 2.05) is 67.6 Å². The number of halogens is 2. The monoisotopic (exact) mass is 782 g/mol. The third-order valence-electron chi connectivity index (χ3n) is 7.06. The summed E-state index contributed by atoms with van der Waals surface area (Å²) in [6.45, 7) is 2.00. The van der Waals surface area contributed by atoms with Crippen molar-refractivity contribution in [2.45, 2.75) is 13.3 Å². The van der Waals surface area contributed by atoms with E-state index in [4.69, 9.17) is 42.2 Å². The van der Waals surface area contributed by atoms with Crippen molar-refractivity contribution < 1.29 is 18.0 Å². The highest BCUT2D eigenvalue weighted by molar-refractivity contribution is 7.86. The second-order valence-electron chi connectivity index (χ2n) is 10.9. The molecule has 0 unspecified atom stereocenters. The van der Waals surface area contributed by atoms with Crippen molar-refractivity contribution in [1.82, 2.24) is 0 Å². The molecule has 1 aliphatic rings. The number of para-hydroxylation sites is 1. The zero-order valence-electron chi connectivity index (χ0n) is 27.8. The summed E-state index contributed by atoms with van der Waals surface area (Å²) in [5, 5.41) is 5.08. The first-order valence-corrected chi connectivity index (χ1v) is 17.0. The molecule has 0 radical (unpaired) electrons. The number of rotatable bonds is 1. The lowest BCUT2D eigenvalue weighted by atomic mass is 9.96. The molecule has 13 heteroatoms. The number of thiocarbonyl (C=S) groups is 2. The van der Waals surface area contributed by atoms with Gasteiger partial charge in [0.2, 0.25) is 0 Å². The number of anilines is 1. The zero-order chi connectivity index (χ0) is 38.3. The van der Waals surface area contributed by atoms with Crippen LogP contribution in [0.2, 0.25) is 0 Å². The smallest absolute Gasteiger partial charge is 0.336 e. The molecule has 1 aliphatic carbocycles.